The van der Waals surface area contributed by atoms with Gasteiger partial charge in [0.05, 0.1) is 12.5 Å². The number of para-hydroxylation sites is 1. The fourth-order valence-electron chi connectivity index (χ4n) is 7.41. The van der Waals surface area contributed by atoms with Crippen molar-refractivity contribution in [2.45, 2.75) is 31.1 Å². The Morgan fingerprint density at radius 3 is 2.58 bits per heavy atom. The summed E-state index contributed by atoms with van der Waals surface area (Å²) in [7, 11) is 1.57. The molecular weight excluding hydrogens is 470 g/mol. The number of likely N-dealkylation sites (tertiary alicyclic amines) is 1. The highest BCUT2D eigenvalue weighted by Crippen LogP contribution is 2.69. The summed E-state index contributed by atoms with van der Waals surface area (Å²) in [5.41, 5.74) is 1.87. The first kappa shape index (κ1) is 23.0. The van der Waals surface area contributed by atoms with Crippen LogP contribution in [-0.4, -0.2) is 42.1 Å². The van der Waals surface area contributed by atoms with Gasteiger partial charge in [-0.1, -0.05) is 49.0 Å². The minimum Gasteiger partial charge on any atom is -0.496 e. The Morgan fingerprint density at radius 1 is 1.11 bits per heavy atom. The lowest BCUT2D eigenvalue weighted by atomic mass is 9.43. The van der Waals surface area contributed by atoms with Crippen molar-refractivity contribution in [3.05, 3.63) is 93.7 Å². The quantitative estimate of drug-likeness (QED) is 0.472. The van der Waals surface area contributed by atoms with Crippen LogP contribution in [-0.2, 0) is 15.0 Å². The van der Waals surface area contributed by atoms with E-state index in [-0.39, 0.29) is 24.3 Å². The highest BCUT2D eigenvalue weighted by atomic mass is 32.1. The molecule has 36 heavy (non-hydrogen) atoms. The van der Waals surface area contributed by atoms with Crippen molar-refractivity contribution in [1.29, 1.82) is 0 Å². The van der Waals surface area contributed by atoms with Crippen LogP contribution in [0.3, 0.4) is 0 Å². The summed E-state index contributed by atoms with van der Waals surface area (Å²) in [6.07, 6.45) is 1.69. The number of aliphatic carboxylic acids is 1. The third-order valence-corrected chi connectivity index (χ3v) is 10.1. The number of benzene rings is 2. The number of carbonyl (C=O) groups is 2. The lowest BCUT2D eigenvalue weighted by Gasteiger charge is -2.58. The predicted octanol–water partition coefficient (Wildman–Crippen LogP) is 5.49. The number of carbonyl (C=O) groups excluding carboxylic acids is 1. The Balaban J connectivity index is 1.49. The number of hydrogen-bond donors (Lipinski definition) is 1. The SMILES string of the molecule is C=C(C(=O)N1CC2C3(c4ccc(C)s4)CCC(c4ccccc43)C2(C(=O)O)C1)c1ccccc1OC. The molecule has 184 valence electrons. The van der Waals surface area contributed by atoms with Gasteiger partial charge in [0.2, 0.25) is 0 Å². The fraction of sp³-hybridized carbons (Fsp3) is 0.333. The van der Waals surface area contributed by atoms with E-state index in [1.165, 1.54) is 15.3 Å². The Bertz CT molecular complexity index is 1410. The van der Waals surface area contributed by atoms with Gasteiger partial charge < -0.3 is 14.7 Å². The predicted molar refractivity (Wildman–Crippen MR) is 140 cm³/mol. The van der Waals surface area contributed by atoms with Crippen molar-refractivity contribution in [1.82, 2.24) is 4.90 Å². The third kappa shape index (κ3) is 2.88. The summed E-state index contributed by atoms with van der Waals surface area (Å²) >= 11 is 1.75. The van der Waals surface area contributed by atoms with E-state index in [1.54, 1.807) is 29.4 Å². The van der Waals surface area contributed by atoms with Gasteiger partial charge in [0.25, 0.3) is 5.91 Å². The normalized spacial score (nSPS) is 27.9. The van der Waals surface area contributed by atoms with Crippen molar-refractivity contribution >= 4 is 28.8 Å². The standard InChI is InChI=1S/C30H29NO4S/c1-18-12-13-26(36-18)29-15-14-23(21-9-4-6-10-22(21)29)30(28(33)34)17-31(16-25(29)30)27(32)19(2)20-8-5-7-11-24(20)35-3/h4-13,23,25H,2,14-17H2,1,3H3,(H,33,34). The van der Waals surface area contributed by atoms with Crippen LogP contribution in [0.2, 0.25) is 0 Å². The molecule has 7 rings (SSSR count). The molecule has 2 bridgehead atoms. The number of rotatable bonds is 5. The number of hydrogen-bond acceptors (Lipinski definition) is 4. The molecule has 2 heterocycles. The van der Waals surface area contributed by atoms with Crippen LogP contribution in [0.25, 0.3) is 5.57 Å². The van der Waals surface area contributed by atoms with Crippen LogP contribution in [0.15, 0.2) is 67.2 Å². The number of carboxylic acids is 1. The molecule has 1 aliphatic heterocycles. The molecule has 1 N–H and O–H groups in total. The van der Waals surface area contributed by atoms with Gasteiger partial charge in [0, 0.05) is 51.2 Å². The molecule has 1 amide bonds. The second-order valence-corrected chi connectivity index (χ2v) is 11.6. The number of fused-ring (bicyclic) bond motifs is 1. The largest absolute Gasteiger partial charge is 0.496 e. The number of methoxy groups -OCH3 is 1. The average molecular weight is 500 g/mol. The third-order valence-electron chi connectivity index (χ3n) is 8.89. The van der Waals surface area contributed by atoms with Crippen molar-refractivity contribution in [3.63, 3.8) is 0 Å². The second kappa shape index (κ2) is 8.07. The van der Waals surface area contributed by atoms with Gasteiger partial charge in [-0.05, 0) is 49.1 Å². The van der Waals surface area contributed by atoms with E-state index in [0.29, 0.717) is 23.4 Å². The lowest BCUT2D eigenvalue weighted by Crippen LogP contribution is -2.60. The summed E-state index contributed by atoms with van der Waals surface area (Å²) in [5, 5.41) is 10.9. The molecule has 1 aromatic heterocycles. The minimum absolute atomic E-state index is 0.128. The van der Waals surface area contributed by atoms with Crippen LogP contribution in [0, 0.1) is 18.3 Å². The Hall–Kier alpha value is -3.38. The van der Waals surface area contributed by atoms with Gasteiger partial charge in [-0.15, -0.1) is 11.3 Å². The van der Waals surface area contributed by atoms with Crippen molar-refractivity contribution in [2.75, 3.05) is 20.2 Å². The fourth-order valence-corrected chi connectivity index (χ4v) is 8.57. The Kier molecular flexibility index (Phi) is 5.16. The van der Waals surface area contributed by atoms with Gasteiger partial charge in [0.1, 0.15) is 5.75 Å². The lowest BCUT2D eigenvalue weighted by molar-refractivity contribution is -0.157. The molecule has 3 aromatic rings. The summed E-state index contributed by atoms with van der Waals surface area (Å²) in [6, 6.07) is 20.0. The van der Waals surface area contributed by atoms with Gasteiger partial charge in [-0.2, -0.15) is 0 Å². The smallest absolute Gasteiger partial charge is 0.312 e. The average Bonchev–Trinajstić information content (AvgIpc) is 3.54. The monoisotopic (exact) mass is 499 g/mol. The summed E-state index contributed by atoms with van der Waals surface area (Å²) in [5.74, 6) is -0.795. The van der Waals surface area contributed by atoms with Crippen LogP contribution in [0.5, 0.6) is 5.75 Å². The molecular formula is C30H29NO4S. The highest BCUT2D eigenvalue weighted by molar-refractivity contribution is 7.12. The molecule has 1 saturated carbocycles. The molecule has 0 radical (unpaired) electrons. The Morgan fingerprint density at radius 2 is 1.86 bits per heavy atom. The molecule has 4 atom stereocenters. The molecule has 2 aromatic carbocycles. The zero-order valence-electron chi connectivity index (χ0n) is 20.5. The van der Waals surface area contributed by atoms with E-state index in [0.717, 1.165) is 18.4 Å². The van der Waals surface area contributed by atoms with Crippen molar-refractivity contribution in [3.8, 4) is 5.75 Å². The van der Waals surface area contributed by atoms with Crippen LogP contribution in [0.1, 0.15) is 45.2 Å². The number of aryl methyl sites for hydroxylation is 1. The maximum absolute atomic E-state index is 13.9. The highest BCUT2D eigenvalue weighted by Gasteiger charge is 2.71. The van der Waals surface area contributed by atoms with Gasteiger partial charge in [0.15, 0.2) is 0 Å². The van der Waals surface area contributed by atoms with E-state index in [1.807, 2.05) is 24.3 Å². The number of carboxylic acid groups (broad SMARTS) is 1. The zero-order chi connectivity index (χ0) is 25.2. The molecule has 3 aliphatic carbocycles. The molecule has 0 spiro atoms. The van der Waals surface area contributed by atoms with E-state index < -0.39 is 16.8 Å². The number of thiophene rings is 1. The summed E-state index contributed by atoms with van der Waals surface area (Å²) < 4.78 is 5.47. The van der Waals surface area contributed by atoms with Gasteiger partial charge in [-0.25, -0.2) is 0 Å². The second-order valence-electron chi connectivity index (χ2n) is 10.3. The van der Waals surface area contributed by atoms with Crippen LogP contribution >= 0.6 is 11.3 Å². The Labute approximate surface area is 215 Å². The molecule has 4 unspecified atom stereocenters. The first-order valence-corrected chi connectivity index (χ1v) is 13.2. The van der Waals surface area contributed by atoms with E-state index in [4.69, 9.17) is 4.74 Å². The topological polar surface area (TPSA) is 66.8 Å². The van der Waals surface area contributed by atoms with Crippen molar-refractivity contribution in [2.24, 2.45) is 11.3 Å². The minimum atomic E-state index is -1.04. The molecule has 5 nitrogen and oxygen atoms in total. The number of ether oxygens (including phenoxy) is 1. The van der Waals surface area contributed by atoms with E-state index in [9.17, 15) is 14.7 Å². The van der Waals surface area contributed by atoms with Gasteiger partial charge in [-0.3, -0.25) is 9.59 Å². The first-order valence-electron chi connectivity index (χ1n) is 12.4. The molecule has 1 saturated heterocycles. The van der Waals surface area contributed by atoms with E-state index >= 15 is 0 Å². The van der Waals surface area contributed by atoms with Crippen LogP contribution < -0.4 is 4.74 Å². The summed E-state index contributed by atoms with van der Waals surface area (Å²) in [6.45, 7) is 6.79. The maximum atomic E-state index is 13.9. The first-order chi connectivity index (χ1) is 17.3. The summed E-state index contributed by atoms with van der Waals surface area (Å²) in [4.78, 5) is 31.3. The van der Waals surface area contributed by atoms with Gasteiger partial charge >= 0.3 is 5.97 Å². The maximum Gasteiger partial charge on any atom is 0.312 e. The molecule has 6 heteroatoms. The number of nitrogens with zero attached hydrogens (tertiary/aromatic N) is 1. The zero-order valence-corrected chi connectivity index (χ0v) is 21.3. The number of amides is 1. The van der Waals surface area contributed by atoms with Crippen LogP contribution in [0.4, 0.5) is 0 Å². The molecule has 2 fully saturated rings. The van der Waals surface area contributed by atoms with E-state index in [2.05, 4.69) is 43.8 Å². The van der Waals surface area contributed by atoms with Crippen molar-refractivity contribution < 1.29 is 19.4 Å². The molecule has 4 aliphatic rings.